The van der Waals surface area contributed by atoms with Crippen LogP contribution in [0.1, 0.15) is 5.56 Å². The minimum atomic E-state index is -4.37. The van der Waals surface area contributed by atoms with E-state index in [1.54, 1.807) is 0 Å². The summed E-state index contributed by atoms with van der Waals surface area (Å²) >= 11 is 5.55. The molecule has 7 heteroatoms. The van der Waals surface area contributed by atoms with Crippen molar-refractivity contribution in [3.05, 3.63) is 29.2 Å². The molecule has 0 saturated heterocycles. The van der Waals surface area contributed by atoms with Crippen molar-refractivity contribution < 1.29 is 13.2 Å². The number of fused-ring (bicyclic) bond motifs is 1. The van der Waals surface area contributed by atoms with Gasteiger partial charge in [0.2, 0.25) is 5.28 Å². The molecule has 0 aromatic carbocycles. The van der Waals surface area contributed by atoms with Crippen LogP contribution in [0.3, 0.4) is 0 Å². The van der Waals surface area contributed by atoms with Gasteiger partial charge in [-0.2, -0.15) is 13.2 Å². The summed E-state index contributed by atoms with van der Waals surface area (Å²) in [5, 5.41) is 6.94. The molecular formula is C7H3ClF3N3. The summed E-state index contributed by atoms with van der Waals surface area (Å²) in [5.74, 6) is 0. The molecule has 2 aromatic heterocycles. The molecule has 0 unspecified atom stereocenters. The largest absolute Gasteiger partial charge is 0.416 e. The first-order valence-corrected chi connectivity index (χ1v) is 3.94. The van der Waals surface area contributed by atoms with Crippen LogP contribution in [0.5, 0.6) is 0 Å². The van der Waals surface area contributed by atoms with Crippen molar-refractivity contribution >= 4 is 17.2 Å². The Morgan fingerprint density at radius 3 is 2.64 bits per heavy atom. The monoisotopic (exact) mass is 221 g/mol. The molecule has 0 aliphatic heterocycles. The van der Waals surface area contributed by atoms with Gasteiger partial charge in [-0.1, -0.05) is 0 Å². The van der Waals surface area contributed by atoms with Crippen LogP contribution in [0, 0.1) is 0 Å². The minimum Gasteiger partial charge on any atom is -0.273 e. The summed E-state index contributed by atoms with van der Waals surface area (Å²) < 4.78 is 38.0. The van der Waals surface area contributed by atoms with Crippen LogP contribution >= 0.6 is 11.6 Å². The van der Waals surface area contributed by atoms with Gasteiger partial charge < -0.3 is 0 Å². The Morgan fingerprint density at radius 2 is 2.00 bits per heavy atom. The van der Waals surface area contributed by atoms with Gasteiger partial charge in [-0.15, -0.1) is 10.2 Å². The molecule has 3 nitrogen and oxygen atoms in total. The van der Waals surface area contributed by atoms with Gasteiger partial charge in [0.25, 0.3) is 0 Å². The van der Waals surface area contributed by atoms with Crippen LogP contribution in [-0.4, -0.2) is 14.6 Å². The summed E-state index contributed by atoms with van der Waals surface area (Å²) in [5.41, 5.74) is -0.695. The fourth-order valence-electron chi connectivity index (χ4n) is 1.04. The average molecular weight is 222 g/mol. The molecule has 0 bridgehead atoms. The number of hydrogen-bond donors (Lipinski definition) is 0. The predicted octanol–water partition coefficient (Wildman–Crippen LogP) is 2.40. The van der Waals surface area contributed by atoms with Gasteiger partial charge in [0.1, 0.15) is 0 Å². The third kappa shape index (κ3) is 1.41. The number of hydrogen-bond acceptors (Lipinski definition) is 2. The van der Waals surface area contributed by atoms with E-state index in [-0.39, 0.29) is 10.9 Å². The smallest absolute Gasteiger partial charge is 0.273 e. The van der Waals surface area contributed by atoms with E-state index in [4.69, 9.17) is 11.6 Å². The second kappa shape index (κ2) is 2.84. The molecule has 0 saturated carbocycles. The zero-order chi connectivity index (χ0) is 10.3. The Labute approximate surface area is 81.1 Å². The Hall–Kier alpha value is -1.30. The van der Waals surface area contributed by atoms with Gasteiger partial charge in [-0.25, -0.2) is 0 Å². The highest BCUT2D eigenvalue weighted by atomic mass is 35.5. The summed E-state index contributed by atoms with van der Waals surface area (Å²) in [6.45, 7) is 0. The number of rotatable bonds is 0. The molecule has 0 radical (unpaired) electrons. The second-order valence-corrected chi connectivity index (χ2v) is 2.95. The van der Waals surface area contributed by atoms with Gasteiger partial charge in [-0.3, -0.25) is 4.40 Å². The maximum absolute atomic E-state index is 12.2. The highest BCUT2D eigenvalue weighted by Gasteiger charge is 2.30. The first-order valence-electron chi connectivity index (χ1n) is 3.56. The number of alkyl halides is 3. The van der Waals surface area contributed by atoms with Crippen molar-refractivity contribution in [2.45, 2.75) is 6.18 Å². The second-order valence-electron chi connectivity index (χ2n) is 2.61. The van der Waals surface area contributed by atoms with Crippen LogP contribution in [0.4, 0.5) is 13.2 Å². The molecule has 2 aromatic rings. The van der Waals surface area contributed by atoms with E-state index >= 15 is 0 Å². The molecule has 2 rings (SSSR count). The fraction of sp³-hybridized carbons (Fsp3) is 0.143. The number of aromatic nitrogens is 3. The molecule has 0 amide bonds. The summed E-state index contributed by atoms with van der Waals surface area (Å²) in [7, 11) is 0. The van der Waals surface area contributed by atoms with E-state index in [0.717, 1.165) is 12.1 Å². The van der Waals surface area contributed by atoms with Crippen molar-refractivity contribution in [1.29, 1.82) is 0 Å². The lowest BCUT2D eigenvalue weighted by Crippen LogP contribution is -2.05. The average Bonchev–Trinajstić information content (AvgIpc) is 2.46. The lowest BCUT2D eigenvalue weighted by Gasteiger charge is -2.05. The van der Waals surface area contributed by atoms with E-state index in [0.29, 0.717) is 0 Å². The molecule has 0 aliphatic carbocycles. The predicted molar refractivity (Wildman–Crippen MR) is 43.0 cm³/mol. The maximum Gasteiger partial charge on any atom is 0.416 e. The van der Waals surface area contributed by atoms with Crippen LogP contribution in [0.2, 0.25) is 5.28 Å². The topological polar surface area (TPSA) is 30.2 Å². The fourth-order valence-corrected chi connectivity index (χ4v) is 1.22. The standard InChI is InChI=1S/C7H3ClF3N3/c8-6-13-12-5-3-4(7(9,10)11)1-2-14(5)6/h1-3H. The number of nitrogens with zero attached hydrogens (tertiary/aromatic N) is 3. The Kier molecular flexibility index (Phi) is 1.88. The molecule has 0 spiro atoms. The van der Waals surface area contributed by atoms with Crippen LogP contribution < -0.4 is 0 Å². The van der Waals surface area contributed by atoms with Gasteiger partial charge in [-0.05, 0) is 23.7 Å². The SMILES string of the molecule is FC(F)(F)c1ccn2c(Cl)nnc2c1. The van der Waals surface area contributed by atoms with Gasteiger partial charge in [0.05, 0.1) is 5.56 Å². The van der Waals surface area contributed by atoms with E-state index in [1.807, 2.05) is 0 Å². The molecule has 2 heterocycles. The Morgan fingerprint density at radius 1 is 1.29 bits per heavy atom. The van der Waals surface area contributed by atoms with E-state index < -0.39 is 11.7 Å². The van der Waals surface area contributed by atoms with E-state index in [9.17, 15) is 13.2 Å². The van der Waals surface area contributed by atoms with Crippen molar-refractivity contribution in [2.24, 2.45) is 0 Å². The van der Waals surface area contributed by atoms with Crippen molar-refractivity contribution in [1.82, 2.24) is 14.6 Å². The van der Waals surface area contributed by atoms with Crippen molar-refractivity contribution in [3.8, 4) is 0 Å². The lowest BCUT2D eigenvalue weighted by molar-refractivity contribution is -0.137. The Bertz CT molecular complexity index is 476. The van der Waals surface area contributed by atoms with Crippen LogP contribution in [-0.2, 0) is 6.18 Å². The molecular weight excluding hydrogens is 219 g/mol. The normalized spacial score (nSPS) is 12.3. The minimum absolute atomic E-state index is 0.0359. The third-order valence-electron chi connectivity index (χ3n) is 1.70. The highest BCUT2D eigenvalue weighted by molar-refractivity contribution is 6.28. The molecule has 0 fully saturated rings. The number of halogens is 4. The quantitative estimate of drug-likeness (QED) is 0.684. The molecule has 0 N–H and O–H groups in total. The molecule has 74 valence electrons. The lowest BCUT2D eigenvalue weighted by atomic mass is 10.2. The molecule has 0 atom stereocenters. The van der Waals surface area contributed by atoms with E-state index in [2.05, 4.69) is 10.2 Å². The third-order valence-corrected chi connectivity index (χ3v) is 1.95. The van der Waals surface area contributed by atoms with Crippen molar-refractivity contribution in [2.75, 3.05) is 0 Å². The highest BCUT2D eigenvalue weighted by Crippen LogP contribution is 2.29. The zero-order valence-corrected chi connectivity index (χ0v) is 7.34. The Balaban J connectivity index is 2.63. The first kappa shape index (κ1) is 9.26. The van der Waals surface area contributed by atoms with Crippen LogP contribution in [0.25, 0.3) is 5.65 Å². The number of pyridine rings is 1. The van der Waals surface area contributed by atoms with Gasteiger partial charge >= 0.3 is 6.18 Å². The maximum atomic E-state index is 12.2. The molecule has 0 aliphatic rings. The van der Waals surface area contributed by atoms with Gasteiger partial charge in [0, 0.05) is 6.20 Å². The van der Waals surface area contributed by atoms with Crippen LogP contribution in [0.15, 0.2) is 18.3 Å². The molecule has 14 heavy (non-hydrogen) atoms. The van der Waals surface area contributed by atoms with E-state index in [1.165, 1.54) is 10.6 Å². The first-order chi connectivity index (χ1) is 6.48. The summed E-state index contributed by atoms with van der Waals surface area (Å²) in [6.07, 6.45) is -3.19. The van der Waals surface area contributed by atoms with Gasteiger partial charge in [0.15, 0.2) is 5.65 Å². The zero-order valence-electron chi connectivity index (χ0n) is 6.59. The van der Waals surface area contributed by atoms with Crippen molar-refractivity contribution in [3.63, 3.8) is 0 Å². The summed E-state index contributed by atoms with van der Waals surface area (Å²) in [6, 6.07) is 1.81. The summed E-state index contributed by atoms with van der Waals surface area (Å²) in [4.78, 5) is 0.